The zero-order valence-corrected chi connectivity index (χ0v) is 54.4. The Morgan fingerprint density at radius 2 is 1.08 bits per heavy atom. The SMILES string of the molecule is CC1(CCOc2ccn(-c3ccc(C(=O)O)c(Cl)n3)n2)CC1.CN(CCCC1CCC(C)(C)C1)c1ccc(S(=O)(=O)NC(=O)c2ccc(-n3ccc(OCCC4(C)CC4)n3)nc2Cl)cn1.CN(CCCC1CCC(C)(C)C1)c1ccc(S(N)(=O)=O)cn1. The number of rotatable bonds is 25. The first-order valence-corrected chi connectivity index (χ1v) is 33.6. The van der Waals surface area contributed by atoms with Crippen LogP contribution >= 0.6 is 23.2 Å². The van der Waals surface area contributed by atoms with Gasteiger partial charge in [-0.3, -0.25) is 4.79 Å². The van der Waals surface area contributed by atoms with E-state index < -0.39 is 31.9 Å². The number of nitrogens with zero attached hydrogens (tertiary/aromatic N) is 10. The molecule has 472 valence electrons. The number of nitrogens with one attached hydrogen (secondary N) is 1. The number of carboxylic acid groups (broad SMARTS) is 1. The number of halogens is 2. The van der Waals surface area contributed by atoms with Gasteiger partial charge in [-0.2, -0.15) is 0 Å². The van der Waals surface area contributed by atoms with Gasteiger partial charge in [0.15, 0.2) is 11.6 Å². The van der Waals surface area contributed by atoms with E-state index in [1.807, 2.05) is 19.0 Å². The van der Waals surface area contributed by atoms with Crippen molar-refractivity contribution in [3.05, 3.63) is 107 Å². The fraction of sp³-hybridized carbons (Fsp3) is 0.548. The highest BCUT2D eigenvalue weighted by molar-refractivity contribution is 7.90. The number of carbonyl (C=O) groups is 2. The molecule has 0 radical (unpaired) electrons. The average Bonchev–Trinajstić information content (AvgIpc) is 2.76. The molecular weight excluding hydrogens is 1190 g/mol. The van der Waals surface area contributed by atoms with Crippen LogP contribution in [0.15, 0.2) is 95.2 Å². The number of hydrogen-bond acceptors (Lipinski definition) is 16. The van der Waals surface area contributed by atoms with Crippen LogP contribution in [0, 0.1) is 33.5 Å². The molecule has 4 aliphatic rings. The zero-order chi connectivity index (χ0) is 63.0. The first-order chi connectivity index (χ1) is 41.0. The van der Waals surface area contributed by atoms with E-state index in [-0.39, 0.29) is 31.2 Å². The first kappa shape index (κ1) is 66.6. The van der Waals surface area contributed by atoms with Gasteiger partial charge in [0.1, 0.15) is 31.7 Å². The molecule has 2 atom stereocenters. The number of primary sulfonamides is 1. The number of aromatic carboxylic acids is 1. The molecule has 2 unspecified atom stereocenters. The molecule has 0 spiro atoms. The number of aromatic nitrogens is 8. The number of sulfonamides is 2. The van der Waals surface area contributed by atoms with Crippen LogP contribution in [-0.4, -0.2) is 114 Å². The molecule has 4 aliphatic carbocycles. The maximum Gasteiger partial charge on any atom is 0.338 e. The average molecular weight is 1280 g/mol. The minimum absolute atomic E-state index is 0.0354. The molecular formula is C62H84Cl2N12O9S2. The van der Waals surface area contributed by atoms with Crippen molar-refractivity contribution in [2.75, 3.05) is 50.2 Å². The monoisotopic (exact) mass is 1270 g/mol. The topological polar surface area (TPSA) is 273 Å². The fourth-order valence-electron chi connectivity index (χ4n) is 11.1. The number of carboxylic acids is 1. The second-order valence-electron chi connectivity index (χ2n) is 26.2. The van der Waals surface area contributed by atoms with Gasteiger partial charge in [0, 0.05) is 64.1 Å². The Bertz CT molecular complexity index is 3560. The van der Waals surface area contributed by atoms with Gasteiger partial charge in [0.25, 0.3) is 15.9 Å². The third kappa shape index (κ3) is 19.5. The van der Waals surface area contributed by atoms with Gasteiger partial charge in [0.05, 0.1) is 24.3 Å². The van der Waals surface area contributed by atoms with Crippen molar-refractivity contribution in [3.63, 3.8) is 0 Å². The molecule has 6 aromatic heterocycles. The highest BCUT2D eigenvalue weighted by atomic mass is 35.5. The molecule has 21 nitrogen and oxygen atoms in total. The molecule has 25 heteroatoms. The van der Waals surface area contributed by atoms with Gasteiger partial charge in [-0.15, -0.1) is 10.2 Å². The van der Waals surface area contributed by atoms with Gasteiger partial charge in [0.2, 0.25) is 21.8 Å². The Kier molecular flexibility index (Phi) is 21.4. The lowest BCUT2D eigenvalue weighted by molar-refractivity contribution is 0.0696. The standard InChI is InChI=1S/C31H41ClN6O4S.C16H27N3O2S.C15H16ClN3O3/c1-30(2)13-11-22(20-30)6-5-17-37(4)25-9-7-23(21-33-25)43(40,41)36-29(39)24-8-10-26(34-28(24)32)38-18-12-27(35-38)42-19-16-31(3)14-15-31;1-16(2)9-8-13(11-16)5-4-10-19(3)15-7-6-14(12-18-15)22(17,20)21;1-15(5-6-15)7-9-22-12-4-8-19(18-12)11-3-2-10(14(20)21)13(16)17-11/h7-10,12,18,21-22H,5-6,11,13-17,19-20H2,1-4H3,(H,36,39);6-7,12-13H,4-5,8-11H2,1-3H3,(H2,17,20,21);2-4,8H,5-7,9H2,1H3,(H,20,21). The lowest BCUT2D eigenvalue weighted by Gasteiger charge is -2.20. The van der Waals surface area contributed by atoms with E-state index in [1.165, 1.54) is 129 Å². The van der Waals surface area contributed by atoms with Crippen molar-refractivity contribution in [2.24, 2.45) is 38.6 Å². The highest BCUT2D eigenvalue weighted by Gasteiger charge is 2.38. The minimum Gasteiger partial charge on any atom is -0.478 e. The summed E-state index contributed by atoms with van der Waals surface area (Å²) in [7, 11) is -3.92. The summed E-state index contributed by atoms with van der Waals surface area (Å²) in [5.74, 6) is 2.86. The largest absolute Gasteiger partial charge is 0.478 e. The van der Waals surface area contributed by atoms with Crippen molar-refractivity contribution >= 4 is 66.8 Å². The Morgan fingerprint density at radius 3 is 1.45 bits per heavy atom. The van der Waals surface area contributed by atoms with E-state index in [1.54, 1.807) is 42.7 Å². The third-order valence-electron chi connectivity index (χ3n) is 17.3. The lowest BCUT2D eigenvalue weighted by atomic mass is 9.89. The van der Waals surface area contributed by atoms with E-state index >= 15 is 0 Å². The van der Waals surface area contributed by atoms with Crippen LogP contribution in [-0.2, 0) is 20.0 Å². The summed E-state index contributed by atoms with van der Waals surface area (Å²) in [6.07, 6.45) is 25.5. The molecule has 10 rings (SSSR count). The van der Waals surface area contributed by atoms with Crippen molar-refractivity contribution < 1.29 is 41.0 Å². The van der Waals surface area contributed by atoms with E-state index in [0.29, 0.717) is 64.1 Å². The third-order valence-corrected chi connectivity index (χ3v) is 20.1. The number of amides is 1. The highest BCUT2D eigenvalue weighted by Crippen LogP contribution is 2.49. The first-order valence-electron chi connectivity index (χ1n) is 29.9. The molecule has 6 aromatic rings. The molecule has 4 saturated carbocycles. The van der Waals surface area contributed by atoms with Crippen LogP contribution in [0.3, 0.4) is 0 Å². The smallest absolute Gasteiger partial charge is 0.338 e. The Morgan fingerprint density at radius 1 is 0.644 bits per heavy atom. The van der Waals surface area contributed by atoms with Crippen molar-refractivity contribution in [2.45, 2.75) is 154 Å². The molecule has 4 fully saturated rings. The van der Waals surface area contributed by atoms with Crippen molar-refractivity contribution in [1.29, 1.82) is 0 Å². The lowest BCUT2D eigenvalue weighted by Crippen LogP contribution is -2.31. The van der Waals surface area contributed by atoms with Gasteiger partial charge in [-0.1, -0.05) is 64.7 Å². The molecule has 0 aromatic carbocycles. The summed E-state index contributed by atoms with van der Waals surface area (Å²) in [5, 5.41) is 22.4. The fourth-order valence-corrected chi connectivity index (χ4v) is 12.9. The number of nitrogens with two attached hydrogens (primary N) is 1. The van der Waals surface area contributed by atoms with Gasteiger partial charge >= 0.3 is 5.97 Å². The summed E-state index contributed by atoms with van der Waals surface area (Å²) in [6.45, 7) is 16.9. The summed E-state index contributed by atoms with van der Waals surface area (Å²) in [5.41, 5.74) is 1.70. The van der Waals surface area contributed by atoms with Crippen LogP contribution in [0.4, 0.5) is 11.6 Å². The number of carbonyl (C=O) groups excluding carboxylic acids is 1. The maximum atomic E-state index is 12.9. The minimum atomic E-state index is -4.18. The quantitative estimate of drug-likeness (QED) is 0.0449. The molecule has 0 aliphatic heterocycles. The number of anilines is 2. The van der Waals surface area contributed by atoms with Crippen LogP contribution < -0.4 is 29.1 Å². The second-order valence-corrected chi connectivity index (χ2v) is 30.2. The summed E-state index contributed by atoms with van der Waals surface area (Å²) in [6, 6.07) is 15.7. The van der Waals surface area contributed by atoms with Crippen LogP contribution in [0.25, 0.3) is 11.6 Å². The van der Waals surface area contributed by atoms with Gasteiger partial charge < -0.3 is 24.4 Å². The normalized spacial score (nSPS) is 18.5. The molecule has 1 amide bonds. The van der Waals surface area contributed by atoms with E-state index in [4.69, 9.17) is 42.9 Å². The van der Waals surface area contributed by atoms with Gasteiger partial charge in [-0.05, 0) is 185 Å². The Labute approximate surface area is 522 Å². The zero-order valence-electron chi connectivity index (χ0n) is 51.2. The van der Waals surface area contributed by atoms with E-state index in [9.17, 15) is 26.4 Å². The van der Waals surface area contributed by atoms with E-state index in [2.05, 4.69) is 81.3 Å². The van der Waals surface area contributed by atoms with Gasteiger partial charge in [-0.25, -0.2) is 60.8 Å². The number of pyridine rings is 4. The molecule has 4 N–H and O–H groups in total. The predicted molar refractivity (Wildman–Crippen MR) is 336 cm³/mol. The van der Waals surface area contributed by atoms with E-state index in [0.717, 1.165) is 56.4 Å². The van der Waals surface area contributed by atoms with Crippen LogP contribution in [0.2, 0.25) is 10.3 Å². The number of ether oxygens (including phenoxy) is 2. The maximum absolute atomic E-state index is 12.9. The summed E-state index contributed by atoms with van der Waals surface area (Å²) >= 11 is 12.1. The molecule has 0 bridgehead atoms. The summed E-state index contributed by atoms with van der Waals surface area (Å²) in [4.78, 5) is 44.6. The van der Waals surface area contributed by atoms with Crippen LogP contribution in [0.5, 0.6) is 11.8 Å². The molecule has 87 heavy (non-hydrogen) atoms. The Hall–Kier alpha value is -6.40. The van der Waals surface area contributed by atoms with Crippen LogP contribution in [0.1, 0.15) is 165 Å². The van der Waals surface area contributed by atoms with Crippen molar-refractivity contribution in [1.82, 2.24) is 44.2 Å². The molecule has 0 saturated heterocycles. The second kappa shape index (κ2) is 28.0. The van der Waals surface area contributed by atoms with Crippen molar-refractivity contribution in [3.8, 4) is 23.4 Å². The predicted octanol–water partition coefficient (Wildman–Crippen LogP) is 12.0. The number of hydrogen-bond donors (Lipinski definition) is 3. The molecule has 6 heterocycles. The summed E-state index contributed by atoms with van der Waals surface area (Å²) < 4.78 is 64.7. The Balaban J connectivity index is 0.000000187.